The minimum Gasteiger partial charge on any atom is -0.406 e. The van der Waals surface area contributed by atoms with Crippen molar-refractivity contribution in [3.8, 4) is 5.75 Å². The second-order valence-corrected chi connectivity index (χ2v) is 9.92. The van der Waals surface area contributed by atoms with Crippen molar-refractivity contribution in [3.63, 3.8) is 0 Å². The number of hydrogen-bond acceptors (Lipinski definition) is 1. The summed E-state index contributed by atoms with van der Waals surface area (Å²) >= 11 is 0. The van der Waals surface area contributed by atoms with E-state index in [0.29, 0.717) is 5.92 Å². The maximum Gasteiger partial charge on any atom is 0.573 e. The van der Waals surface area contributed by atoms with Crippen LogP contribution in [0.5, 0.6) is 5.75 Å². The van der Waals surface area contributed by atoms with Crippen LogP contribution in [0.15, 0.2) is 36.4 Å². The Kier molecular flexibility index (Phi) is 6.79. The van der Waals surface area contributed by atoms with Gasteiger partial charge in [0.2, 0.25) is 0 Å². The molecule has 0 bridgehead atoms. The molecule has 4 heteroatoms. The third-order valence-corrected chi connectivity index (χ3v) is 8.18. The van der Waals surface area contributed by atoms with Gasteiger partial charge >= 0.3 is 6.36 Å². The minimum absolute atomic E-state index is 0.124. The molecule has 3 saturated carbocycles. The second-order valence-electron chi connectivity index (χ2n) is 9.92. The standard InChI is InChI=1S/C26H35F3O/c1-2-3-18-4-5-24-17-23(11-10-22(24)16-18)21-8-6-19(7-9-21)20-12-14-25(15-13-20)30-26(27,28)29/h2-3,12-15,18-19,21-24H,4-11,16-17H2,1H3/b3-2+. The lowest BCUT2D eigenvalue weighted by atomic mass is 9.61. The Labute approximate surface area is 179 Å². The molecule has 0 spiro atoms. The molecular weight excluding hydrogens is 385 g/mol. The van der Waals surface area contributed by atoms with Crippen LogP contribution < -0.4 is 4.74 Å². The Morgan fingerprint density at radius 2 is 1.33 bits per heavy atom. The van der Waals surface area contributed by atoms with Crippen molar-refractivity contribution in [1.29, 1.82) is 0 Å². The molecule has 0 aromatic heterocycles. The van der Waals surface area contributed by atoms with Gasteiger partial charge in [-0.2, -0.15) is 0 Å². The lowest BCUT2D eigenvalue weighted by molar-refractivity contribution is -0.274. The number of allylic oxidation sites excluding steroid dienone is 2. The van der Waals surface area contributed by atoms with E-state index in [1.165, 1.54) is 63.5 Å². The van der Waals surface area contributed by atoms with E-state index in [2.05, 4.69) is 23.8 Å². The zero-order valence-electron chi connectivity index (χ0n) is 18.0. The molecule has 0 saturated heterocycles. The fraction of sp³-hybridized carbons (Fsp3) is 0.692. The predicted octanol–water partition coefficient (Wildman–Crippen LogP) is 8.27. The van der Waals surface area contributed by atoms with E-state index < -0.39 is 6.36 Å². The quantitative estimate of drug-likeness (QED) is 0.445. The summed E-state index contributed by atoms with van der Waals surface area (Å²) in [4.78, 5) is 0. The van der Waals surface area contributed by atoms with Crippen molar-refractivity contribution in [2.45, 2.75) is 83.4 Å². The van der Waals surface area contributed by atoms with Gasteiger partial charge in [0.25, 0.3) is 0 Å². The maximum atomic E-state index is 12.3. The van der Waals surface area contributed by atoms with E-state index in [-0.39, 0.29) is 5.75 Å². The van der Waals surface area contributed by atoms with Crippen LogP contribution in [0.25, 0.3) is 0 Å². The molecule has 1 aromatic rings. The van der Waals surface area contributed by atoms with Gasteiger partial charge in [-0.3, -0.25) is 0 Å². The zero-order chi connectivity index (χ0) is 21.1. The first-order chi connectivity index (χ1) is 14.4. The van der Waals surface area contributed by atoms with Crippen LogP contribution in [0, 0.1) is 29.6 Å². The SMILES string of the molecule is C/C=C/C1CCC2CC(C3CCC(c4ccc(OC(F)(F)F)cc4)CC3)CCC2C1. The first-order valence-electron chi connectivity index (χ1n) is 11.9. The number of alkyl halides is 3. The highest BCUT2D eigenvalue weighted by Crippen LogP contribution is 2.50. The summed E-state index contributed by atoms with van der Waals surface area (Å²) in [6, 6.07) is 6.56. The number of hydrogen-bond donors (Lipinski definition) is 0. The molecule has 1 aromatic carbocycles. The van der Waals surface area contributed by atoms with Crippen molar-refractivity contribution in [2.75, 3.05) is 0 Å². The van der Waals surface area contributed by atoms with Gasteiger partial charge in [-0.25, -0.2) is 0 Å². The normalized spacial score (nSPS) is 35.2. The molecule has 0 heterocycles. The van der Waals surface area contributed by atoms with E-state index in [1.54, 1.807) is 0 Å². The van der Waals surface area contributed by atoms with Crippen molar-refractivity contribution in [3.05, 3.63) is 42.0 Å². The summed E-state index contributed by atoms with van der Waals surface area (Å²) in [6.07, 6.45) is 13.4. The molecule has 0 N–H and O–H groups in total. The van der Waals surface area contributed by atoms with Crippen LogP contribution in [-0.2, 0) is 0 Å². The molecule has 166 valence electrons. The second kappa shape index (κ2) is 9.36. The Morgan fingerprint density at radius 3 is 1.97 bits per heavy atom. The number of rotatable bonds is 4. The average Bonchev–Trinajstić information content (AvgIpc) is 2.73. The van der Waals surface area contributed by atoms with Crippen LogP contribution in [0.1, 0.15) is 82.6 Å². The van der Waals surface area contributed by atoms with E-state index >= 15 is 0 Å². The Hall–Kier alpha value is -1.45. The fourth-order valence-corrected chi connectivity index (χ4v) is 6.70. The van der Waals surface area contributed by atoms with E-state index in [9.17, 15) is 13.2 Å². The molecular formula is C26H35F3O. The number of benzene rings is 1. The summed E-state index contributed by atoms with van der Waals surface area (Å²) in [7, 11) is 0. The molecule has 3 fully saturated rings. The number of halogens is 3. The molecule has 0 amide bonds. The zero-order valence-corrected chi connectivity index (χ0v) is 18.0. The van der Waals surface area contributed by atoms with Gasteiger partial charge in [0, 0.05) is 0 Å². The molecule has 4 unspecified atom stereocenters. The van der Waals surface area contributed by atoms with Crippen LogP contribution in [-0.4, -0.2) is 6.36 Å². The lowest BCUT2D eigenvalue weighted by Gasteiger charge is -2.45. The van der Waals surface area contributed by atoms with E-state index in [0.717, 1.165) is 48.0 Å². The fourth-order valence-electron chi connectivity index (χ4n) is 6.70. The van der Waals surface area contributed by atoms with Crippen molar-refractivity contribution in [1.82, 2.24) is 0 Å². The third-order valence-electron chi connectivity index (χ3n) is 8.18. The van der Waals surface area contributed by atoms with Gasteiger partial charge in [0.15, 0.2) is 0 Å². The molecule has 3 aliphatic carbocycles. The van der Waals surface area contributed by atoms with Crippen LogP contribution in [0.2, 0.25) is 0 Å². The first-order valence-corrected chi connectivity index (χ1v) is 11.9. The van der Waals surface area contributed by atoms with Gasteiger partial charge in [-0.1, -0.05) is 24.3 Å². The van der Waals surface area contributed by atoms with Gasteiger partial charge in [-0.15, -0.1) is 13.2 Å². The van der Waals surface area contributed by atoms with Crippen LogP contribution in [0.3, 0.4) is 0 Å². The molecule has 3 aliphatic rings. The average molecular weight is 421 g/mol. The molecule has 1 nitrogen and oxygen atoms in total. The van der Waals surface area contributed by atoms with E-state index in [4.69, 9.17) is 0 Å². The summed E-state index contributed by atoms with van der Waals surface area (Å²) in [5, 5.41) is 0. The molecule has 30 heavy (non-hydrogen) atoms. The van der Waals surface area contributed by atoms with Crippen molar-refractivity contribution in [2.24, 2.45) is 29.6 Å². The number of fused-ring (bicyclic) bond motifs is 1. The van der Waals surface area contributed by atoms with Crippen molar-refractivity contribution >= 4 is 0 Å². The highest BCUT2D eigenvalue weighted by atomic mass is 19.4. The van der Waals surface area contributed by atoms with Gasteiger partial charge < -0.3 is 4.74 Å². The summed E-state index contributed by atoms with van der Waals surface area (Å²) in [5.41, 5.74) is 1.16. The lowest BCUT2D eigenvalue weighted by Crippen LogP contribution is -2.34. The smallest absolute Gasteiger partial charge is 0.406 e. The Balaban J connectivity index is 1.26. The Bertz CT molecular complexity index is 700. The molecule has 4 atom stereocenters. The van der Waals surface area contributed by atoms with E-state index in [1.807, 2.05) is 12.1 Å². The monoisotopic (exact) mass is 420 g/mol. The maximum absolute atomic E-state index is 12.3. The van der Waals surface area contributed by atoms with Crippen LogP contribution in [0.4, 0.5) is 13.2 Å². The van der Waals surface area contributed by atoms with Gasteiger partial charge in [0.1, 0.15) is 5.75 Å². The molecule has 0 aliphatic heterocycles. The number of ether oxygens (including phenoxy) is 1. The molecule has 4 rings (SSSR count). The highest BCUT2D eigenvalue weighted by molar-refractivity contribution is 5.29. The molecule has 0 radical (unpaired) electrons. The highest BCUT2D eigenvalue weighted by Gasteiger charge is 2.38. The van der Waals surface area contributed by atoms with Gasteiger partial charge in [0.05, 0.1) is 0 Å². The summed E-state index contributed by atoms with van der Waals surface area (Å²) < 4.78 is 41.0. The third kappa shape index (κ3) is 5.42. The largest absolute Gasteiger partial charge is 0.573 e. The summed E-state index contributed by atoms with van der Waals surface area (Å²) in [5.74, 6) is 4.82. The first kappa shape index (κ1) is 21.8. The predicted molar refractivity (Wildman–Crippen MR) is 114 cm³/mol. The topological polar surface area (TPSA) is 9.23 Å². The van der Waals surface area contributed by atoms with Crippen LogP contribution >= 0.6 is 0 Å². The van der Waals surface area contributed by atoms with Gasteiger partial charge in [-0.05, 0) is 124 Å². The Morgan fingerprint density at radius 1 is 0.767 bits per heavy atom. The van der Waals surface area contributed by atoms with Crippen molar-refractivity contribution < 1.29 is 17.9 Å². The summed E-state index contributed by atoms with van der Waals surface area (Å²) in [6.45, 7) is 2.14. The minimum atomic E-state index is -4.62.